The van der Waals surface area contributed by atoms with E-state index in [-0.39, 0.29) is 0 Å². The Kier molecular flexibility index (Phi) is 12.1. The molecule has 2 heterocycles. The average molecular weight is 860 g/mol. The van der Waals surface area contributed by atoms with Crippen molar-refractivity contribution in [3.63, 3.8) is 0 Å². The van der Waals surface area contributed by atoms with Gasteiger partial charge < -0.3 is 39.4 Å². The Hall–Kier alpha value is -5.74. The van der Waals surface area contributed by atoms with Crippen molar-refractivity contribution in [1.29, 1.82) is 0 Å². The summed E-state index contributed by atoms with van der Waals surface area (Å²) < 4.78 is 24.8. The van der Waals surface area contributed by atoms with E-state index in [2.05, 4.69) is 0 Å². The topological polar surface area (TPSA) is 196 Å². The van der Waals surface area contributed by atoms with Gasteiger partial charge in [0.05, 0.1) is 38.1 Å². The molecule has 2 unspecified atom stereocenters. The first-order valence-corrected chi connectivity index (χ1v) is 19.5. The second kappa shape index (κ2) is 17.1. The third kappa shape index (κ3) is 7.85. The van der Waals surface area contributed by atoms with Crippen LogP contribution in [0.4, 0.5) is 0 Å². The molecule has 312 valence electrons. The Labute approximate surface area is 353 Å². The van der Waals surface area contributed by atoms with Crippen LogP contribution in [0, 0.1) is 13.8 Å². The van der Waals surface area contributed by atoms with Crippen LogP contribution in [0.25, 0.3) is 21.8 Å². The van der Waals surface area contributed by atoms with Crippen LogP contribution in [-0.2, 0) is 31.9 Å². The second-order valence-electron chi connectivity index (χ2n) is 14.4. The summed E-state index contributed by atoms with van der Waals surface area (Å²) in [5, 5.41) is 46.0. The van der Waals surface area contributed by atoms with E-state index in [4.69, 9.17) is 42.1 Å². The molecule has 1 aliphatic carbocycles. The van der Waals surface area contributed by atoms with Crippen molar-refractivity contribution in [3.8, 4) is 11.5 Å². The summed E-state index contributed by atoms with van der Waals surface area (Å²) in [5.74, 6) is -1.85. The Bertz CT molecular complexity index is 2460. The summed E-state index contributed by atoms with van der Waals surface area (Å²) in [6.45, 7) is 3.29. The van der Waals surface area contributed by atoms with E-state index >= 15 is 0 Å². The van der Waals surface area contributed by atoms with Crippen molar-refractivity contribution in [2.24, 2.45) is 0 Å². The first kappa shape index (κ1) is 42.4. The van der Waals surface area contributed by atoms with E-state index in [0.717, 1.165) is 0 Å². The van der Waals surface area contributed by atoms with Crippen LogP contribution in [0.3, 0.4) is 0 Å². The van der Waals surface area contributed by atoms with Gasteiger partial charge in [0.15, 0.2) is 12.2 Å². The molecule has 0 bridgehead atoms. The number of carbonyl (C=O) groups excluding carboxylic acids is 4. The molecule has 1 fully saturated rings. The molecule has 7 rings (SSSR count). The quantitative estimate of drug-likeness (QED) is 0.135. The van der Waals surface area contributed by atoms with Gasteiger partial charge >= 0.3 is 11.9 Å². The lowest BCUT2D eigenvalue weighted by Crippen LogP contribution is -2.65. The van der Waals surface area contributed by atoms with Crippen LogP contribution in [0.2, 0.25) is 10.0 Å². The molecular formula is C44H40Cl2N2O12. The van der Waals surface area contributed by atoms with Crippen LogP contribution in [-0.4, -0.2) is 104 Å². The molecule has 60 heavy (non-hydrogen) atoms. The first-order valence-electron chi connectivity index (χ1n) is 18.7. The number of rotatable bonds is 10. The number of methoxy groups -OCH3 is 2. The van der Waals surface area contributed by atoms with Crippen molar-refractivity contribution >= 4 is 68.8 Å². The zero-order valence-electron chi connectivity index (χ0n) is 32.7. The summed E-state index contributed by atoms with van der Waals surface area (Å²) in [7, 11) is 2.93. The Balaban J connectivity index is 1.13. The fraction of sp³-hybridized carbons (Fsp3) is 0.273. The van der Waals surface area contributed by atoms with Crippen LogP contribution < -0.4 is 9.47 Å². The van der Waals surface area contributed by atoms with Gasteiger partial charge in [0.2, 0.25) is 0 Å². The molecule has 1 aliphatic rings. The minimum atomic E-state index is -2.01. The molecule has 16 heteroatoms. The first-order chi connectivity index (χ1) is 28.6. The minimum Gasteiger partial charge on any atom is -0.497 e. The maximum Gasteiger partial charge on any atom is 0.310 e. The van der Waals surface area contributed by atoms with Crippen molar-refractivity contribution < 1.29 is 58.6 Å². The number of carbonyl (C=O) groups is 4. The number of esters is 2. The van der Waals surface area contributed by atoms with Gasteiger partial charge in [0, 0.05) is 43.3 Å². The molecule has 0 aliphatic heterocycles. The molecule has 6 atom stereocenters. The van der Waals surface area contributed by atoms with Crippen molar-refractivity contribution in [3.05, 3.63) is 129 Å². The van der Waals surface area contributed by atoms with E-state index in [9.17, 15) is 39.6 Å². The summed E-state index contributed by atoms with van der Waals surface area (Å²) in [6, 6.07) is 22.6. The van der Waals surface area contributed by atoms with Crippen molar-refractivity contribution in [2.45, 2.75) is 63.3 Å². The number of ether oxygens (including phenoxy) is 4. The molecule has 4 N–H and O–H groups in total. The van der Waals surface area contributed by atoms with Gasteiger partial charge in [-0.3, -0.25) is 28.3 Å². The SMILES string of the molecule is COc1ccc2c(c1)c(CC(=O)O[C@@H]1C(O)[C@H](OC(=O)Cc3c(C)n(C(=O)c4ccc(Cl)cc4)c4ccc(OC)cc34)[C@@H](O)C(O)[C@H]1O)c(C)n2C(=O)c1ccc(Cl)cc1. The molecule has 0 spiro atoms. The van der Waals surface area contributed by atoms with Crippen LogP contribution >= 0.6 is 23.2 Å². The molecule has 14 nitrogen and oxygen atoms in total. The molecule has 0 amide bonds. The van der Waals surface area contributed by atoms with E-state index in [0.29, 0.717) is 77.0 Å². The lowest BCUT2D eigenvalue weighted by atomic mass is 9.84. The highest BCUT2D eigenvalue weighted by atomic mass is 35.5. The number of hydrogen-bond donors (Lipinski definition) is 4. The van der Waals surface area contributed by atoms with Gasteiger partial charge in [-0.1, -0.05) is 23.2 Å². The zero-order valence-corrected chi connectivity index (χ0v) is 34.2. The summed E-state index contributed by atoms with van der Waals surface area (Å²) >= 11 is 12.1. The highest BCUT2D eigenvalue weighted by Gasteiger charge is 2.52. The molecule has 4 aromatic carbocycles. The third-order valence-corrected chi connectivity index (χ3v) is 11.4. The molecule has 0 radical (unpaired) electrons. The fourth-order valence-electron chi connectivity index (χ4n) is 7.73. The molecular weight excluding hydrogens is 819 g/mol. The van der Waals surface area contributed by atoms with E-state index in [1.807, 2.05) is 0 Å². The van der Waals surface area contributed by atoms with E-state index in [1.165, 1.54) is 23.4 Å². The normalized spacial score (nSPS) is 20.2. The summed E-state index contributed by atoms with van der Waals surface area (Å²) in [5.41, 5.74) is 3.13. The standard InChI is InChI=1S/C44H40Cl2N2O12/c1-21-29(31-17-27(57-3)13-15-33(31)47(21)43(55)23-5-9-25(45)10-6-23)19-35(49)59-41-38(52)37(51)39(53)42(40(41)54)60-36(50)20-30-22(2)48(34-16-14-28(58-4)18-32(30)34)44(56)24-7-11-26(46)12-8-24/h5-18,37-42,51-54H,19-20H2,1-4H3/t37?,38-,39+,40?,41+,42-. The number of aromatic nitrogens is 2. The van der Waals surface area contributed by atoms with Crippen LogP contribution in [0.15, 0.2) is 84.9 Å². The second-order valence-corrected chi connectivity index (χ2v) is 15.3. The van der Waals surface area contributed by atoms with Gasteiger partial charge in [-0.25, -0.2) is 0 Å². The number of aliphatic hydroxyl groups excluding tert-OH is 4. The molecule has 6 aromatic rings. The average Bonchev–Trinajstić information content (AvgIpc) is 3.67. The molecule has 1 saturated carbocycles. The van der Waals surface area contributed by atoms with Crippen molar-refractivity contribution in [1.82, 2.24) is 9.13 Å². The van der Waals surface area contributed by atoms with Gasteiger partial charge in [-0.2, -0.15) is 0 Å². The maximum atomic E-state index is 13.8. The number of hydrogen-bond acceptors (Lipinski definition) is 12. The Morgan fingerprint density at radius 1 is 0.550 bits per heavy atom. The van der Waals surface area contributed by atoms with Crippen molar-refractivity contribution in [2.75, 3.05) is 14.2 Å². The number of benzene rings is 4. The van der Waals surface area contributed by atoms with Gasteiger partial charge in [0.1, 0.15) is 35.9 Å². The van der Waals surface area contributed by atoms with Gasteiger partial charge in [-0.15, -0.1) is 0 Å². The Morgan fingerprint density at radius 3 is 1.27 bits per heavy atom. The number of fused-ring (bicyclic) bond motifs is 2. The van der Waals surface area contributed by atoms with E-state index in [1.54, 1.807) is 98.8 Å². The summed E-state index contributed by atoms with van der Waals surface area (Å²) in [6.07, 6.45) is -12.7. The fourth-order valence-corrected chi connectivity index (χ4v) is 7.98. The predicted octanol–water partition coefficient (Wildman–Crippen LogP) is 4.98. The zero-order chi connectivity index (χ0) is 43.2. The number of aliphatic hydroxyl groups is 4. The largest absolute Gasteiger partial charge is 0.497 e. The molecule has 0 saturated heterocycles. The highest BCUT2D eigenvalue weighted by Crippen LogP contribution is 2.34. The monoisotopic (exact) mass is 858 g/mol. The Morgan fingerprint density at radius 2 is 0.917 bits per heavy atom. The minimum absolute atomic E-state index is 0.331. The highest BCUT2D eigenvalue weighted by molar-refractivity contribution is 6.31. The maximum absolute atomic E-state index is 13.8. The molecule has 2 aromatic heterocycles. The van der Waals surface area contributed by atoms with Gasteiger partial charge in [0.25, 0.3) is 11.8 Å². The number of nitrogens with zero attached hydrogens (tertiary/aromatic N) is 2. The van der Waals surface area contributed by atoms with Gasteiger partial charge in [-0.05, 0) is 110 Å². The van der Waals surface area contributed by atoms with Crippen LogP contribution in [0.5, 0.6) is 11.5 Å². The summed E-state index contributed by atoms with van der Waals surface area (Å²) in [4.78, 5) is 54.9. The third-order valence-electron chi connectivity index (χ3n) is 10.9. The van der Waals surface area contributed by atoms with E-state index < -0.39 is 73.2 Å². The predicted molar refractivity (Wildman–Crippen MR) is 220 cm³/mol. The van der Waals surface area contributed by atoms with Crippen LogP contribution in [0.1, 0.15) is 43.2 Å². The number of halogens is 2. The smallest absolute Gasteiger partial charge is 0.310 e. The lowest BCUT2D eigenvalue weighted by Gasteiger charge is -2.42. The lowest BCUT2D eigenvalue weighted by molar-refractivity contribution is -0.240.